The highest BCUT2D eigenvalue weighted by molar-refractivity contribution is 8.04. The molecule has 0 aliphatic carbocycles. The Morgan fingerprint density at radius 2 is 1.94 bits per heavy atom. The van der Waals surface area contributed by atoms with Gasteiger partial charge in [0.1, 0.15) is 22.2 Å². The van der Waals surface area contributed by atoms with E-state index in [1.165, 1.54) is 19.3 Å². The molecule has 35 heavy (non-hydrogen) atoms. The van der Waals surface area contributed by atoms with Crippen LogP contribution in [0.15, 0.2) is 63.0 Å². The second-order valence-corrected chi connectivity index (χ2v) is 8.66. The van der Waals surface area contributed by atoms with E-state index in [1.54, 1.807) is 49.4 Å². The van der Waals surface area contributed by atoms with E-state index in [2.05, 4.69) is 15.2 Å². The summed E-state index contributed by atoms with van der Waals surface area (Å²) in [4.78, 5) is 27.6. The molecular weight excluding hydrogens is 494 g/mol. The molecule has 0 saturated heterocycles. The van der Waals surface area contributed by atoms with Crippen LogP contribution in [0.5, 0.6) is 5.75 Å². The van der Waals surface area contributed by atoms with Gasteiger partial charge in [0.2, 0.25) is 5.16 Å². The van der Waals surface area contributed by atoms with Crippen molar-refractivity contribution in [3.8, 4) is 28.5 Å². The summed E-state index contributed by atoms with van der Waals surface area (Å²) in [5.74, 6) is -0.644. The van der Waals surface area contributed by atoms with Gasteiger partial charge >= 0.3 is 11.9 Å². The quantitative estimate of drug-likeness (QED) is 0.203. The molecule has 2 aromatic carbocycles. The number of hydrogen-bond donors (Lipinski definition) is 3. The summed E-state index contributed by atoms with van der Waals surface area (Å²) < 4.78 is 11.1. The minimum atomic E-state index is -1.19. The number of aromatic carboxylic acids is 1. The van der Waals surface area contributed by atoms with Crippen LogP contribution < -0.4 is 4.74 Å². The number of benzene rings is 2. The largest absolute Gasteiger partial charge is 0.496 e. The first kappa shape index (κ1) is 24.1. The minimum Gasteiger partial charge on any atom is -0.496 e. The van der Waals surface area contributed by atoms with Crippen molar-refractivity contribution in [2.75, 3.05) is 7.11 Å². The molecule has 0 spiro atoms. The summed E-state index contributed by atoms with van der Waals surface area (Å²) in [7, 11) is 1.51. The Morgan fingerprint density at radius 3 is 2.66 bits per heavy atom. The maximum atomic E-state index is 11.9. The topological polar surface area (TPSA) is 139 Å². The predicted octanol–water partition coefficient (Wildman–Crippen LogP) is 5.62. The first-order valence-corrected chi connectivity index (χ1v) is 11.3. The Balaban J connectivity index is 1.61. The summed E-state index contributed by atoms with van der Waals surface area (Å²) in [5.41, 5.74) is 1.88. The zero-order valence-corrected chi connectivity index (χ0v) is 20.0. The van der Waals surface area contributed by atoms with Gasteiger partial charge < -0.3 is 19.4 Å². The third-order valence-electron chi connectivity index (χ3n) is 5.02. The molecule has 0 fully saturated rings. The summed E-state index contributed by atoms with van der Waals surface area (Å²) in [5, 5.41) is 26.6. The fraction of sp³-hybridized carbons (Fsp3) is 0.0833. The van der Waals surface area contributed by atoms with Crippen molar-refractivity contribution in [2.45, 2.75) is 12.1 Å². The predicted molar refractivity (Wildman–Crippen MR) is 131 cm³/mol. The number of aromatic nitrogens is 3. The lowest BCUT2D eigenvalue weighted by Crippen LogP contribution is -2.00. The second-order valence-electron chi connectivity index (χ2n) is 7.21. The van der Waals surface area contributed by atoms with E-state index in [4.69, 9.17) is 20.8 Å². The lowest BCUT2D eigenvalue weighted by Gasteiger charge is -2.06. The van der Waals surface area contributed by atoms with Crippen molar-refractivity contribution in [3.63, 3.8) is 0 Å². The third kappa shape index (κ3) is 5.23. The zero-order chi connectivity index (χ0) is 25.1. The molecule has 2 aromatic heterocycles. The van der Waals surface area contributed by atoms with E-state index in [0.717, 1.165) is 11.8 Å². The highest BCUT2D eigenvalue weighted by atomic mass is 35.5. The molecule has 0 atom stereocenters. The molecule has 4 aromatic rings. The van der Waals surface area contributed by atoms with Crippen molar-refractivity contribution in [1.29, 1.82) is 0 Å². The van der Waals surface area contributed by atoms with Crippen LogP contribution in [0.3, 0.4) is 0 Å². The van der Waals surface area contributed by atoms with E-state index >= 15 is 0 Å². The van der Waals surface area contributed by atoms with Gasteiger partial charge in [0.15, 0.2) is 5.82 Å². The number of carboxylic acid groups (broad SMARTS) is 2. The molecular formula is C24H18ClN3O6S. The number of nitrogens with one attached hydrogen (secondary N) is 1. The molecule has 0 aliphatic rings. The van der Waals surface area contributed by atoms with Crippen LogP contribution in [0.2, 0.25) is 5.02 Å². The number of aromatic amines is 1. The molecule has 0 unspecified atom stereocenters. The lowest BCUT2D eigenvalue weighted by atomic mass is 10.0. The number of furan rings is 1. The van der Waals surface area contributed by atoms with Crippen molar-refractivity contribution >= 4 is 41.4 Å². The van der Waals surface area contributed by atoms with Gasteiger partial charge in [0, 0.05) is 16.7 Å². The highest BCUT2D eigenvalue weighted by Crippen LogP contribution is 2.34. The van der Waals surface area contributed by atoms with E-state index < -0.39 is 11.9 Å². The lowest BCUT2D eigenvalue weighted by molar-refractivity contribution is -0.131. The van der Waals surface area contributed by atoms with Crippen molar-refractivity contribution in [2.24, 2.45) is 0 Å². The molecule has 0 amide bonds. The molecule has 0 bridgehead atoms. The molecule has 0 radical (unpaired) electrons. The smallest absolute Gasteiger partial charge is 0.342 e. The number of rotatable bonds is 8. The van der Waals surface area contributed by atoms with Crippen LogP contribution >= 0.6 is 23.4 Å². The van der Waals surface area contributed by atoms with Crippen molar-refractivity contribution in [3.05, 3.63) is 75.3 Å². The number of carbonyl (C=O) groups is 2. The molecule has 0 aliphatic heterocycles. The number of nitrogens with zero attached hydrogens (tertiary/aromatic N) is 2. The van der Waals surface area contributed by atoms with Gasteiger partial charge in [-0.2, -0.15) is 0 Å². The number of halogens is 1. The Labute approximate surface area is 208 Å². The number of aliphatic carboxylic acids is 1. The van der Waals surface area contributed by atoms with Gasteiger partial charge in [-0.05, 0) is 60.6 Å². The number of thioether (sulfide) groups is 1. The molecule has 11 heteroatoms. The monoisotopic (exact) mass is 511 g/mol. The van der Waals surface area contributed by atoms with Gasteiger partial charge in [-0.1, -0.05) is 23.7 Å². The SMILES string of the molecule is COc1ccc(Cl)cc1-c1nc(S/C(=C\c2ccc(-c3cccc(C(=O)O)c3C)o2)C(=O)O)n[nH]1. The molecule has 0 saturated carbocycles. The fourth-order valence-corrected chi connectivity index (χ4v) is 4.21. The Kier molecular flexibility index (Phi) is 6.94. The number of H-pyrrole nitrogens is 1. The summed E-state index contributed by atoms with van der Waals surface area (Å²) in [6, 6.07) is 13.2. The van der Waals surface area contributed by atoms with Crippen LogP contribution in [-0.2, 0) is 4.79 Å². The third-order valence-corrected chi connectivity index (χ3v) is 6.14. The average molecular weight is 512 g/mol. The van der Waals surface area contributed by atoms with Crippen LogP contribution in [-0.4, -0.2) is 44.4 Å². The van der Waals surface area contributed by atoms with E-state index in [1.807, 2.05) is 0 Å². The number of hydrogen-bond acceptors (Lipinski definition) is 7. The average Bonchev–Trinajstić information content (AvgIpc) is 3.48. The minimum absolute atomic E-state index is 0.0782. The summed E-state index contributed by atoms with van der Waals surface area (Å²) >= 11 is 6.91. The fourth-order valence-electron chi connectivity index (χ4n) is 3.35. The Hall–Kier alpha value is -4.02. The van der Waals surface area contributed by atoms with Crippen LogP contribution in [0.1, 0.15) is 21.7 Å². The second kappa shape index (κ2) is 10.1. The van der Waals surface area contributed by atoms with Crippen molar-refractivity contribution < 1.29 is 29.0 Å². The number of methoxy groups -OCH3 is 1. The van der Waals surface area contributed by atoms with Crippen LogP contribution in [0.25, 0.3) is 28.8 Å². The molecule has 4 rings (SSSR count). The first-order chi connectivity index (χ1) is 16.8. The standard InChI is InChI=1S/C24H18ClN3O6S/c1-12-15(4-3-5-16(12)22(29)30)19-9-7-14(34-19)11-20(23(31)32)35-24-26-21(27-28-24)17-10-13(25)6-8-18(17)33-2/h3-11H,1-2H3,(H,29,30)(H,31,32)(H,26,27,28)/b20-11-. The molecule has 9 nitrogen and oxygen atoms in total. The normalized spacial score (nSPS) is 11.5. The van der Waals surface area contributed by atoms with Crippen molar-refractivity contribution in [1.82, 2.24) is 15.2 Å². The van der Waals surface area contributed by atoms with E-state index in [0.29, 0.717) is 39.0 Å². The highest BCUT2D eigenvalue weighted by Gasteiger charge is 2.18. The van der Waals surface area contributed by atoms with Crippen LogP contribution in [0, 0.1) is 6.92 Å². The van der Waals surface area contributed by atoms with Gasteiger partial charge in [-0.3, -0.25) is 5.10 Å². The molecule has 178 valence electrons. The zero-order valence-electron chi connectivity index (χ0n) is 18.4. The van der Waals surface area contributed by atoms with Gasteiger partial charge in [0.05, 0.1) is 18.2 Å². The number of ether oxygens (including phenoxy) is 1. The van der Waals surface area contributed by atoms with Gasteiger partial charge in [-0.25, -0.2) is 14.6 Å². The maximum Gasteiger partial charge on any atom is 0.342 e. The maximum absolute atomic E-state index is 11.9. The van der Waals surface area contributed by atoms with Gasteiger partial charge in [-0.15, -0.1) is 5.10 Å². The number of carboxylic acids is 2. The first-order valence-electron chi connectivity index (χ1n) is 10.1. The molecule has 2 heterocycles. The summed E-state index contributed by atoms with van der Waals surface area (Å²) in [6.45, 7) is 1.69. The Morgan fingerprint density at radius 1 is 1.14 bits per heavy atom. The van der Waals surface area contributed by atoms with E-state index in [9.17, 15) is 19.8 Å². The summed E-state index contributed by atoms with van der Waals surface area (Å²) in [6.07, 6.45) is 1.35. The molecule has 3 N–H and O–H groups in total. The van der Waals surface area contributed by atoms with E-state index in [-0.39, 0.29) is 21.4 Å². The Bertz CT molecular complexity index is 1460. The van der Waals surface area contributed by atoms with Crippen LogP contribution in [0.4, 0.5) is 0 Å². The van der Waals surface area contributed by atoms with Gasteiger partial charge in [0.25, 0.3) is 0 Å².